The van der Waals surface area contributed by atoms with E-state index in [1.165, 1.54) is 0 Å². The molecule has 19 heavy (non-hydrogen) atoms. The maximum absolute atomic E-state index is 12.1. The number of ketones is 1. The van der Waals surface area contributed by atoms with Gasteiger partial charge in [-0.05, 0) is 30.3 Å². The zero-order valence-electron chi connectivity index (χ0n) is 10.4. The second kappa shape index (κ2) is 6.09. The number of carbonyl (C=O) groups excluding carboxylic acids is 1. The second-order valence-corrected chi connectivity index (χ2v) is 5.06. The molecule has 0 N–H and O–H groups in total. The molecule has 0 saturated heterocycles. The monoisotopic (exact) mass is 293 g/mol. The van der Waals surface area contributed by atoms with Gasteiger partial charge >= 0.3 is 0 Å². The van der Waals surface area contributed by atoms with Gasteiger partial charge in [0.1, 0.15) is 0 Å². The smallest absolute Gasteiger partial charge is 0.182 e. The minimum absolute atomic E-state index is 0.00456. The fourth-order valence-electron chi connectivity index (χ4n) is 1.75. The lowest BCUT2D eigenvalue weighted by Gasteiger charge is -2.18. The van der Waals surface area contributed by atoms with Crippen molar-refractivity contribution in [1.29, 1.82) is 0 Å². The Morgan fingerprint density at radius 1 is 1.05 bits per heavy atom. The molecular formula is C15H13Cl2NO. The van der Waals surface area contributed by atoms with Crippen LogP contribution in [0.3, 0.4) is 0 Å². The Bertz CT molecular complexity index is 584. The molecule has 0 radical (unpaired) electrons. The summed E-state index contributed by atoms with van der Waals surface area (Å²) >= 11 is 11.7. The van der Waals surface area contributed by atoms with Crippen LogP contribution >= 0.6 is 23.2 Å². The first kappa shape index (κ1) is 13.9. The number of Topliss-reactive ketones (excluding diaryl/α,β-unsaturated/α-hetero) is 1. The van der Waals surface area contributed by atoms with Gasteiger partial charge in [0.15, 0.2) is 5.78 Å². The Hall–Kier alpha value is -1.51. The first-order valence-electron chi connectivity index (χ1n) is 5.82. The lowest BCUT2D eigenvalue weighted by Crippen LogP contribution is -2.25. The van der Waals surface area contributed by atoms with Gasteiger partial charge in [-0.25, -0.2) is 0 Å². The summed E-state index contributed by atoms with van der Waals surface area (Å²) in [5.74, 6) is 0.00456. The van der Waals surface area contributed by atoms with Crippen LogP contribution in [0.2, 0.25) is 10.0 Å². The highest BCUT2D eigenvalue weighted by atomic mass is 35.5. The average Bonchev–Trinajstić information content (AvgIpc) is 2.42. The van der Waals surface area contributed by atoms with Gasteiger partial charge in [0, 0.05) is 18.3 Å². The quantitative estimate of drug-likeness (QED) is 0.783. The Labute approximate surface area is 122 Å². The van der Waals surface area contributed by atoms with Crippen LogP contribution in [0.5, 0.6) is 0 Å². The van der Waals surface area contributed by atoms with E-state index in [0.717, 1.165) is 5.69 Å². The van der Waals surface area contributed by atoms with E-state index in [0.29, 0.717) is 22.2 Å². The minimum atomic E-state index is 0.00456. The van der Waals surface area contributed by atoms with Gasteiger partial charge in [-0.1, -0.05) is 41.4 Å². The van der Waals surface area contributed by atoms with Crippen LogP contribution in [0.25, 0.3) is 0 Å². The van der Waals surface area contributed by atoms with Gasteiger partial charge in [-0.2, -0.15) is 0 Å². The number of halogens is 2. The molecule has 2 nitrogen and oxygen atoms in total. The van der Waals surface area contributed by atoms with Crippen molar-refractivity contribution in [2.24, 2.45) is 0 Å². The van der Waals surface area contributed by atoms with Gasteiger partial charge in [0.05, 0.1) is 16.6 Å². The Morgan fingerprint density at radius 3 is 2.37 bits per heavy atom. The molecule has 0 fully saturated rings. The Morgan fingerprint density at radius 2 is 1.74 bits per heavy atom. The number of rotatable bonds is 4. The number of para-hydroxylation sites is 1. The van der Waals surface area contributed by atoms with E-state index in [1.807, 2.05) is 42.3 Å². The summed E-state index contributed by atoms with van der Waals surface area (Å²) < 4.78 is 0. The molecule has 2 aromatic carbocycles. The normalized spacial score (nSPS) is 10.3. The zero-order valence-corrected chi connectivity index (χ0v) is 11.9. The fraction of sp³-hybridized carbons (Fsp3) is 0.133. The third kappa shape index (κ3) is 3.49. The van der Waals surface area contributed by atoms with Crippen molar-refractivity contribution >= 4 is 34.7 Å². The first-order chi connectivity index (χ1) is 9.08. The molecule has 0 aliphatic rings. The van der Waals surface area contributed by atoms with E-state index in [4.69, 9.17) is 23.2 Å². The summed E-state index contributed by atoms with van der Waals surface area (Å²) in [7, 11) is 1.88. The maximum Gasteiger partial charge on any atom is 0.182 e. The van der Waals surface area contributed by atoms with Crippen LogP contribution in [0.1, 0.15) is 10.4 Å². The number of likely N-dealkylation sites (N-methyl/N-ethyl adjacent to an activating group) is 1. The summed E-state index contributed by atoms with van der Waals surface area (Å²) in [4.78, 5) is 14.0. The number of carbonyl (C=O) groups is 1. The Balaban J connectivity index is 2.11. The van der Waals surface area contributed by atoms with Crippen LogP contribution in [-0.2, 0) is 0 Å². The van der Waals surface area contributed by atoms with Crippen molar-refractivity contribution in [2.45, 2.75) is 0 Å². The number of hydrogen-bond donors (Lipinski definition) is 0. The second-order valence-electron chi connectivity index (χ2n) is 4.24. The molecule has 0 aromatic heterocycles. The van der Waals surface area contributed by atoms with Gasteiger partial charge in [0.2, 0.25) is 0 Å². The molecule has 0 bridgehead atoms. The molecule has 2 aromatic rings. The summed E-state index contributed by atoms with van der Waals surface area (Å²) in [5.41, 5.74) is 1.56. The van der Waals surface area contributed by atoms with Gasteiger partial charge in [-0.15, -0.1) is 0 Å². The molecule has 0 heterocycles. The van der Waals surface area contributed by atoms with Crippen molar-refractivity contribution in [1.82, 2.24) is 0 Å². The van der Waals surface area contributed by atoms with E-state index in [-0.39, 0.29) is 5.78 Å². The standard InChI is InChI=1S/C15H13Cl2NO/c1-18(12-5-3-2-4-6-12)10-15(19)11-7-8-13(16)14(17)9-11/h2-9H,10H2,1H3. The SMILES string of the molecule is CN(CC(=O)c1ccc(Cl)c(Cl)c1)c1ccccc1. The van der Waals surface area contributed by atoms with Crippen LogP contribution < -0.4 is 4.90 Å². The van der Waals surface area contributed by atoms with E-state index in [1.54, 1.807) is 18.2 Å². The van der Waals surface area contributed by atoms with Crippen molar-refractivity contribution in [3.05, 3.63) is 64.1 Å². The largest absolute Gasteiger partial charge is 0.367 e. The van der Waals surface area contributed by atoms with E-state index < -0.39 is 0 Å². The third-order valence-corrected chi connectivity index (χ3v) is 3.56. The summed E-state index contributed by atoms with van der Waals surface area (Å²) in [6.07, 6.45) is 0. The molecule has 0 atom stereocenters. The van der Waals surface area contributed by atoms with Crippen molar-refractivity contribution in [2.75, 3.05) is 18.5 Å². The van der Waals surface area contributed by atoms with E-state index in [2.05, 4.69) is 0 Å². The predicted molar refractivity (Wildman–Crippen MR) is 80.5 cm³/mol. The van der Waals surface area contributed by atoms with Crippen molar-refractivity contribution in [3.63, 3.8) is 0 Å². The highest BCUT2D eigenvalue weighted by Gasteiger charge is 2.11. The molecule has 2 rings (SSSR count). The Kier molecular flexibility index (Phi) is 4.46. The van der Waals surface area contributed by atoms with E-state index in [9.17, 15) is 4.79 Å². The molecule has 0 aliphatic heterocycles. The topological polar surface area (TPSA) is 20.3 Å². The molecule has 0 aliphatic carbocycles. The molecule has 0 amide bonds. The summed E-state index contributed by atoms with van der Waals surface area (Å²) in [6.45, 7) is 0.294. The predicted octanol–water partition coefficient (Wildman–Crippen LogP) is 4.31. The zero-order chi connectivity index (χ0) is 13.8. The molecule has 0 unspecified atom stereocenters. The minimum Gasteiger partial charge on any atom is -0.367 e. The highest BCUT2D eigenvalue weighted by molar-refractivity contribution is 6.42. The van der Waals surface area contributed by atoms with Crippen molar-refractivity contribution in [3.8, 4) is 0 Å². The number of nitrogens with zero attached hydrogens (tertiary/aromatic N) is 1. The van der Waals surface area contributed by atoms with Crippen molar-refractivity contribution < 1.29 is 4.79 Å². The van der Waals surface area contributed by atoms with Crippen LogP contribution in [0, 0.1) is 0 Å². The van der Waals surface area contributed by atoms with E-state index >= 15 is 0 Å². The number of hydrogen-bond acceptors (Lipinski definition) is 2. The molecule has 4 heteroatoms. The van der Waals surface area contributed by atoms with Crippen LogP contribution in [0.15, 0.2) is 48.5 Å². The lowest BCUT2D eigenvalue weighted by atomic mass is 10.1. The van der Waals surface area contributed by atoms with Gasteiger partial charge in [-0.3, -0.25) is 4.79 Å². The highest BCUT2D eigenvalue weighted by Crippen LogP contribution is 2.23. The average molecular weight is 294 g/mol. The van der Waals surface area contributed by atoms with Crippen LogP contribution in [-0.4, -0.2) is 19.4 Å². The molecular weight excluding hydrogens is 281 g/mol. The van der Waals surface area contributed by atoms with Gasteiger partial charge in [0.25, 0.3) is 0 Å². The number of benzene rings is 2. The maximum atomic E-state index is 12.1. The molecule has 0 spiro atoms. The summed E-state index contributed by atoms with van der Waals surface area (Å²) in [6, 6.07) is 14.7. The third-order valence-electron chi connectivity index (χ3n) is 2.82. The lowest BCUT2D eigenvalue weighted by molar-refractivity contribution is 0.100. The number of anilines is 1. The molecule has 98 valence electrons. The van der Waals surface area contributed by atoms with Crippen LogP contribution in [0.4, 0.5) is 5.69 Å². The fourth-order valence-corrected chi connectivity index (χ4v) is 2.05. The summed E-state index contributed by atoms with van der Waals surface area (Å²) in [5, 5.41) is 0.851. The molecule has 0 saturated carbocycles. The first-order valence-corrected chi connectivity index (χ1v) is 6.58. The van der Waals surface area contributed by atoms with Gasteiger partial charge < -0.3 is 4.90 Å².